The Labute approximate surface area is 112 Å². The molecule has 0 aromatic heterocycles. The summed E-state index contributed by atoms with van der Waals surface area (Å²) in [6.07, 6.45) is 3.28. The Bertz CT molecular complexity index is 366. The summed E-state index contributed by atoms with van der Waals surface area (Å²) in [5.41, 5.74) is 1.51. The van der Waals surface area contributed by atoms with Gasteiger partial charge in [0.25, 0.3) is 0 Å². The number of hydrogen-bond acceptors (Lipinski definition) is 2. The summed E-state index contributed by atoms with van der Waals surface area (Å²) in [5, 5.41) is 10.1. The van der Waals surface area contributed by atoms with E-state index in [4.69, 9.17) is 0 Å². The first-order valence-electron chi connectivity index (χ1n) is 4.30. The van der Waals surface area contributed by atoms with Crippen LogP contribution >= 0.6 is 0 Å². The van der Waals surface area contributed by atoms with Crippen molar-refractivity contribution in [1.82, 2.24) is 0 Å². The molecule has 0 radical (unpaired) electrons. The summed E-state index contributed by atoms with van der Waals surface area (Å²) in [6.45, 7) is 1.69. The topological polar surface area (TPSA) is 40.1 Å². The van der Waals surface area contributed by atoms with E-state index in [1.807, 2.05) is 30.3 Å². The fourth-order valence-corrected chi connectivity index (χ4v) is 1.06. The molecule has 0 atom stereocenters. The van der Waals surface area contributed by atoms with E-state index in [0.29, 0.717) is 11.8 Å². The average Bonchev–Trinajstić information content (AvgIpc) is 2.19. The number of rotatable bonds is 3. The number of carbonyl (C=O) groups is 1. The molecule has 0 aliphatic carbocycles. The van der Waals surface area contributed by atoms with E-state index in [1.165, 1.54) is 0 Å². The van der Waals surface area contributed by atoms with Crippen LogP contribution in [0.15, 0.2) is 48.2 Å². The van der Waals surface area contributed by atoms with Crippen LogP contribution in [-0.4, -0.2) is 5.78 Å². The number of ketones is 1. The zero-order valence-corrected chi connectivity index (χ0v) is 10.9. The van der Waals surface area contributed by atoms with Gasteiger partial charge in [0.2, 0.25) is 0 Å². The number of carbonyl (C=O) groups excluding carboxylic acids is 1. The summed E-state index contributed by atoms with van der Waals surface area (Å²) in [4.78, 5) is 11.2. The molecule has 0 unspecified atom stereocenters. The minimum absolute atomic E-state index is 0. The maximum absolute atomic E-state index is 11.2. The van der Waals surface area contributed by atoms with Crippen LogP contribution in [0.4, 0.5) is 0 Å². The van der Waals surface area contributed by atoms with Crippen molar-refractivity contribution in [3.8, 4) is 0 Å². The van der Waals surface area contributed by atoms with E-state index in [9.17, 15) is 9.90 Å². The summed E-state index contributed by atoms with van der Waals surface area (Å²) < 4.78 is 0. The molecule has 0 heterocycles. The van der Waals surface area contributed by atoms with Crippen LogP contribution in [0.5, 0.6) is 0 Å². The third kappa shape index (κ3) is 4.98. The van der Waals surface area contributed by atoms with E-state index < -0.39 is 0 Å². The van der Waals surface area contributed by atoms with Crippen molar-refractivity contribution in [1.29, 1.82) is 0 Å². The van der Waals surface area contributed by atoms with E-state index in [1.54, 1.807) is 13.0 Å². The molecule has 2 nitrogen and oxygen atoms in total. The quantitative estimate of drug-likeness (QED) is 0.347. The molecule has 1 aromatic carbocycles. The second-order valence-electron chi connectivity index (χ2n) is 2.91. The Balaban J connectivity index is 0.00000196. The molecule has 0 saturated heterocycles. The summed E-state index contributed by atoms with van der Waals surface area (Å²) in [6, 6.07) is 9.50. The molecular weight excluding hydrogens is 199 g/mol. The average molecular weight is 210 g/mol. The van der Waals surface area contributed by atoms with Gasteiger partial charge in [-0.3, -0.25) is 4.79 Å². The van der Waals surface area contributed by atoms with Gasteiger partial charge in [-0.05, 0) is 30.2 Å². The van der Waals surface area contributed by atoms with Crippen molar-refractivity contribution in [3.05, 3.63) is 53.8 Å². The van der Waals surface area contributed by atoms with Crippen LogP contribution in [0.3, 0.4) is 0 Å². The maximum Gasteiger partial charge on any atom is 1.00 e. The van der Waals surface area contributed by atoms with E-state index >= 15 is 0 Å². The molecule has 0 spiro atoms. The van der Waals surface area contributed by atoms with Gasteiger partial charge in [0.15, 0.2) is 5.78 Å². The van der Waals surface area contributed by atoms with Gasteiger partial charge in [-0.2, -0.15) is 0 Å². The molecule has 0 bridgehead atoms. The van der Waals surface area contributed by atoms with Crippen LogP contribution in [-0.2, 0) is 4.79 Å². The van der Waals surface area contributed by atoms with Gasteiger partial charge in [-0.1, -0.05) is 30.3 Å². The summed E-state index contributed by atoms with van der Waals surface area (Å²) in [5.74, 6) is -0.246. The first-order chi connectivity index (χ1) is 6.74. The van der Waals surface area contributed by atoms with Crippen LogP contribution in [0, 0.1) is 0 Å². The molecule has 15 heavy (non-hydrogen) atoms. The van der Waals surface area contributed by atoms with Crippen molar-refractivity contribution >= 4 is 11.9 Å². The normalized spacial score (nSPS) is 11.1. The molecule has 0 saturated carbocycles. The van der Waals surface area contributed by atoms with Crippen LogP contribution in [0.1, 0.15) is 12.5 Å². The van der Waals surface area contributed by atoms with Gasteiger partial charge in [0.1, 0.15) is 0 Å². The predicted octanol–water partition coefficient (Wildman–Crippen LogP) is -1.46. The second-order valence-corrected chi connectivity index (χ2v) is 2.91. The zero-order valence-electron chi connectivity index (χ0n) is 8.94. The fraction of sp³-hybridized carbons (Fsp3) is 0.0833. The molecule has 0 aliphatic heterocycles. The molecule has 0 amide bonds. The standard InChI is InChI=1S/C12H12O2.Na/c1-10(12(14)7-8-13)9-11-5-3-2-4-6-11;/h2-9,13H,1H3;/q;+1/p-1/b8-7?,10-9+;. The van der Waals surface area contributed by atoms with Gasteiger partial charge in [-0.25, -0.2) is 0 Å². The molecule has 1 aromatic rings. The first-order valence-corrected chi connectivity index (χ1v) is 4.30. The van der Waals surface area contributed by atoms with E-state index in [0.717, 1.165) is 11.6 Å². The van der Waals surface area contributed by atoms with Crippen molar-refractivity contribution < 1.29 is 39.5 Å². The number of benzene rings is 1. The maximum atomic E-state index is 11.2. The third-order valence-corrected chi connectivity index (χ3v) is 1.79. The first kappa shape index (κ1) is 14.2. The Kier molecular flexibility index (Phi) is 7.05. The monoisotopic (exact) mass is 210 g/mol. The third-order valence-electron chi connectivity index (χ3n) is 1.79. The number of allylic oxidation sites excluding steroid dienone is 2. The van der Waals surface area contributed by atoms with Gasteiger partial charge >= 0.3 is 29.6 Å². The second kappa shape index (κ2) is 7.46. The van der Waals surface area contributed by atoms with Gasteiger partial charge < -0.3 is 5.11 Å². The SMILES string of the molecule is C/C(=C\c1ccccc1)C(=O)C=C[O-].[Na+]. The molecule has 1 rings (SSSR count). The smallest absolute Gasteiger partial charge is 0.878 e. The van der Waals surface area contributed by atoms with E-state index in [-0.39, 0.29) is 35.3 Å². The Morgan fingerprint density at radius 2 is 1.87 bits per heavy atom. The van der Waals surface area contributed by atoms with Gasteiger partial charge in [-0.15, -0.1) is 6.26 Å². The van der Waals surface area contributed by atoms with Crippen molar-refractivity contribution in [3.63, 3.8) is 0 Å². The minimum Gasteiger partial charge on any atom is -0.878 e. The van der Waals surface area contributed by atoms with Crippen LogP contribution in [0.2, 0.25) is 0 Å². The molecule has 0 aliphatic rings. The van der Waals surface area contributed by atoms with Crippen LogP contribution in [0.25, 0.3) is 6.08 Å². The summed E-state index contributed by atoms with van der Waals surface area (Å²) >= 11 is 0. The van der Waals surface area contributed by atoms with Crippen molar-refractivity contribution in [2.24, 2.45) is 0 Å². The minimum atomic E-state index is -0.246. The van der Waals surface area contributed by atoms with Crippen molar-refractivity contribution in [2.75, 3.05) is 0 Å². The van der Waals surface area contributed by atoms with Gasteiger partial charge in [0.05, 0.1) is 0 Å². The number of hydrogen-bond donors (Lipinski definition) is 0. The molecule has 0 N–H and O–H groups in total. The predicted molar refractivity (Wildman–Crippen MR) is 54.2 cm³/mol. The summed E-state index contributed by atoms with van der Waals surface area (Å²) in [7, 11) is 0. The largest absolute Gasteiger partial charge is 1.00 e. The van der Waals surface area contributed by atoms with Gasteiger partial charge in [0, 0.05) is 0 Å². The van der Waals surface area contributed by atoms with Crippen LogP contribution < -0.4 is 34.7 Å². The molecule has 72 valence electrons. The van der Waals surface area contributed by atoms with E-state index in [2.05, 4.69) is 0 Å². The van der Waals surface area contributed by atoms with Crippen molar-refractivity contribution in [2.45, 2.75) is 6.92 Å². The zero-order chi connectivity index (χ0) is 10.4. The Hall–Kier alpha value is -0.830. The fourth-order valence-electron chi connectivity index (χ4n) is 1.06. The molecule has 0 fully saturated rings. The Morgan fingerprint density at radius 1 is 1.27 bits per heavy atom. The molecular formula is C12H11NaO2. The molecule has 3 heteroatoms. The Morgan fingerprint density at radius 3 is 2.40 bits per heavy atom.